The van der Waals surface area contributed by atoms with Crippen molar-refractivity contribution in [1.82, 2.24) is 10.1 Å². The second-order valence-corrected chi connectivity index (χ2v) is 7.28. The van der Waals surface area contributed by atoms with Crippen LogP contribution in [0.15, 0.2) is 27.6 Å². The molecule has 24 heavy (non-hydrogen) atoms. The third-order valence-corrected chi connectivity index (χ3v) is 5.53. The number of nitrogens with zero attached hydrogens (tertiary/aromatic N) is 2. The first-order valence-electron chi connectivity index (χ1n) is 7.84. The van der Waals surface area contributed by atoms with Gasteiger partial charge in [-0.25, -0.2) is 0 Å². The molecule has 1 aromatic heterocycles. The molecule has 8 heteroatoms. The Morgan fingerprint density at radius 2 is 2.08 bits per heavy atom. The molecule has 1 aliphatic carbocycles. The van der Waals surface area contributed by atoms with E-state index in [0.717, 1.165) is 47.6 Å². The van der Waals surface area contributed by atoms with Gasteiger partial charge >= 0.3 is 0 Å². The Balaban J connectivity index is 0.00000169. The van der Waals surface area contributed by atoms with Gasteiger partial charge in [-0.2, -0.15) is 4.98 Å². The normalized spacial score (nSPS) is 19.1. The summed E-state index contributed by atoms with van der Waals surface area (Å²) in [6.45, 7) is 0. The fourth-order valence-corrected chi connectivity index (χ4v) is 4.06. The average Bonchev–Trinajstić information content (AvgIpc) is 3.15. The number of carbonyl (C=O) groups is 1. The van der Waals surface area contributed by atoms with E-state index in [1.807, 2.05) is 18.2 Å². The summed E-state index contributed by atoms with van der Waals surface area (Å²) >= 11 is 1.67. The smallest absolute Gasteiger partial charge is 0.258 e. The highest BCUT2D eigenvalue weighted by molar-refractivity contribution is 7.99. The molecule has 1 aliphatic heterocycles. The molecule has 0 bridgehead atoms. The van der Waals surface area contributed by atoms with Crippen molar-refractivity contribution >= 4 is 35.8 Å². The van der Waals surface area contributed by atoms with E-state index in [0.29, 0.717) is 18.1 Å². The predicted molar refractivity (Wildman–Crippen MR) is 95.3 cm³/mol. The minimum absolute atomic E-state index is 0. The fourth-order valence-electron chi connectivity index (χ4n) is 3.13. The molecule has 1 fully saturated rings. The second-order valence-electron chi connectivity index (χ2n) is 6.14. The van der Waals surface area contributed by atoms with E-state index >= 15 is 0 Å². The lowest BCUT2D eigenvalue weighted by Gasteiger charge is -2.17. The Morgan fingerprint density at radius 3 is 2.88 bits per heavy atom. The molecule has 3 N–H and O–H groups in total. The maximum Gasteiger partial charge on any atom is 0.258 e. The van der Waals surface area contributed by atoms with Gasteiger partial charge in [-0.05, 0) is 31.0 Å². The summed E-state index contributed by atoms with van der Waals surface area (Å²) < 4.78 is 5.42. The summed E-state index contributed by atoms with van der Waals surface area (Å²) in [4.78, 5) is 17.3. The number of fused-ring (bicyclic) bond motifs is 1. The van der Waals surface area contributed by atoms with Crippen molar-refractivity contribution in [2.24, 2.45) is 5.73 Å². The number of rotatable bonds is 2. The maximum absolute atomic E-state index is 11.7. The first-order chi connectivity index (χ1) is 11.1. The molecule has 1 saturated carbocycles. The molecular formula is C16H19ClN4O2S. The Kier molecular flexibility index (Phi) is 4.85. The zero-order chi connectivity index (χ0) is 15.9. The molecule has 1 aromatic carbocycles. The van der Waals surface area contributed by atoms with Gasteiger partial charge in [-0.3, -0.25) is 4.79 Å². The van der Waals surface area contributed by atoms with Gasteiger partial charge in [0.05, 0.1) is 11.2 Å². The number of hydrogen-bond acceptors (Lipinski definition) is 6. The molecule has 2 aliphatic rings. The summed E-state index contributed by atoms with van der Waals surface area (Å²) in [6, 6.07) is 5.82. The van der Waals surface area contributed by atoms with Crippen molar-refractivity contribution in [3.8, 4) is 11.5 Å². The maximum atomic E-state index is 11.7. The standard InChI is InChI=1S/C16H18N4O2S.ClH/c17-16(6-1-2-7-16)15-19-14(22-20-15)10-3-4-12-11(9-10)18-13(21)5-8-23-12;/h3-4,9H,1-2,5-8,17H2,(H,18,21);1H. The van der Waals surface area contributed by atoms with E-state index in [4.69, 9.17) is 10.3 Å². The highest BCUT2D eigenvalue weighted by Gasteiger charge is 2.36. The minimum Gasteiger partial charge on any atom is -0.334 e. The number of aromatic nitrogens is 2. The van der Waals surface area contributed by atoms with Gasteiger partial charge in [0.15, 0.2) is 5.82 Å². The number of nitrogens with two attached hydrogens (primary N) is 1. The highest BCUT2D eigenvalue weighted by atomic mass is 35.5. The average molecular weight is 367 g/mol. The van der Waals surface area contributed by atoms with Crippen LogP contribution in [0.2, 0.25) is 0 Å². The van der Waals surface area contributed by atoms with Crippen molar-refractivity contribution in [2.45, 2.75) is 42.5 Å². The monoisotopic (exact) mass is 366 g/mol. The van der Waals surface area contributed by atoms with E-state index in [2.05, 4.69) is 15.5 Å². The molecule has 0 radical (unpaired) electrons. The molecule has 2 heterocycles. The predicted octanol–water partition coefficient (Wildman–Crippen LogP) is 3.32. The van der Waals surface area contributed by atoms with E-state index in [-0.39, 0.29) is 18.3 Å². The summed E-state index contributed by atoms with van der Waals surface area (Å²) in [7, 11) is 0. The molecule has 0 unspecified atom stereocenters. The lowest BCUT2D eigenvalue weighted by Crippen LogP contribution is -2.34. The molecule has 1 amide bonds. The highest BCUT2D eigenvalue weighted by Crippen LogP contribution is 2.37. The zero-order valence-electron chi connectivity index (χ0n) is 13.1. The number of thioether (sulfide) groups is 1. The number of carbonyl (C=O) groups excluding carboxylic acids is 1. The SMILES string of the molecule is Cl.NC1(c2noc(-c3ccc4c(c3)NC(=O)CCS4)n2)CCCC1. The van der Waals surface area contributed by atoms with Crippen LogP contribution in [0.5, 0.6) is 0 Å². The third kappa shape index (κ3) is 3.16. The number of halogens is 1. The molecule has 0 saturated heterocycles. The Bertz CT molecular complexity index is 758. The number of benzene rings is 1. The summed E-state index contributed by atoms with van der Waals surface area (Å²) in [5, 5.41) is 7.02. The van der Waals surface area contributed by atoms with Gasteiger partial charge in [0.25, 0.3) is 5.89 Å². The van der Waals surface area contributed by atoms with Gasteiger partial charge in [-0.15, -0.1) is 24.2 Å². The topological polar surface area (TPSA) is 94.0 Å². The Labute approximate surface area is 150 Å². The second kappa shape index (κ2) is 6.74. The van der Waals surface area contributed by atoms with Gasteiger partial charge in [0.2, 0.25) is 5.91 Å². The van der Waals surface area contributed by atoms with Crippen LogP contribution in [-0.2, 0) is 10.3 Å². The first kappa shape index (κ1) is 17.3. The molecular weight excluding hydrogens is 348 g/mol. The Hall–Kier alpha value is -1.57. The van der Waals surface area contributed by atoms with Crippen LogP contribution in [0.25, 0.3) is 11.5 Å². The fraction of sp³-hybridized carbons (Fsp3) is 0.438. The Morgan fingerprint density at radius 1 is 1.29 bits per heavy atom. The van der Waals surface area contributed by atoms with E-state index in [1.165, 1.54) is 0 Å². The van der Waals surface area contributed by atoms with Crippen LogP contribution in [-0.4, -0.2) is 21.8 Å². The van der Waals surface area contributed by atoms with Crippen LogP contribution in [0.4, 0.5) is 5.69 Å². The molecule has 0 spiro atoms. The molecule has 6 nitrogen and oxygen atoms in total. The number of anilines is 1. The number of amides is 1. The number of nitrogens with one attached hydrogen (secondary N) is 1. The molecule has 0 atom stereocenters. The third-order valence-electron chi connectivity index (χ3n) is 4.45. The zero-order valence-corrected chi connectivity index (χ0v) is 14.7. The lowest BCUT2D eigenvalue weighted by molar-refractivity contribution is -0.115. The van der Waals surface area contributed by atoms with Crippen LogP contribution < -0.4 is 11.1 Å². The summed E-state index contributed by atoms with van der Waals surface area (Å²) in [5.74, 6) is 1.85. The molecule has 4 rings (SSSR count). The first-order valence-corrected chi connectivity index (χ1v) is 8.83. The summed E-state index contributed by atoms with van der Waals surface area (Å²) in [6.07, 6.45) is 4.51. The van der Waals surface area contributed by atoms with E-state index < -0.39 is 5.54 Å². The van der Waals surface area contributed by atoms with E-state index in [1.54, 1.807) is 11.8 Å². The van der Waals surface area contributed by atoms with Crippen LogP contribution >= 0.6 is 24.2 Å². The molecule has 2 aromatic rings. The largest absolute Gasteiger partial charge is 0.334 e. The van der Waals surface area contributed by atoms with Crippen molar-refractivity contribution in [2.75, 3.05) is 11.1 Å². The van der Waals surface area contributed by atoms with Crippen LogP contribution in [0.1, 0.15) is 37.9 Å². The van der Waals surface area contributed by atoms with E-state index in [9.17, 15) is 4.79 Å². The van der Waals surface area contributed by atoms with Gasteiger partial charge in [0.1, 0.15) is 0 Å². The van der Waals surface area contributed by atoms with Gasteiger partial charge in [-0.1, -0.05) is 18.0 Å². The minimum atomic E-state index is -0.461. The van der Waals surface area contributed by atoms with Crippen molar-refractivity contribution in [1.29, 1.82) is 0 Å². The van der Waals surface area contributed by atoms with Crippen LogP contribution in [0.3, 0.4) is 0 Å². The van der Waals surface area contributed by atoms with Gasteiger partial charge < -0.3 is 15.6 Å². The van der Waals surface area contributed by atoms with Crippen LogP contribution in [0, 0.1) is 0 Å². The van der Waals surface area contributed by atoms with Crippen molar-refractivity contribution in [3.63, 3.8) is 0 Å². The van der Waals surface area contributed by atoms with Crippen molar-refractivity contribution < 1.29 is 9.32 Å². The quantitative estimate of drug-likeness (QED) is 0.846. The number of hydrogen-bond donors (Lipinski definition) is 2. The van der Waals surface area contributed by atoms with Gasteiger partial charge in [0, 0.05) is 22.6 Å². The molecule has 128 valence electrons. The summed E-state index contributed by atoms with van der Waals surface area (Å²) in [5.41, 5.74) is 7.52. The lowest BCUT2D eigenvalue weighted by atomic mass is 9.99. The van der Waals surface area contributed by atoms with Crippen molar-refractivity contribution in [3.05, 3.63) is 24.0 Å².